The number of aryl methyl sites for hydroxylation is 2. The number of sulfonamides is 1. The fourth-order valence-electron chi connectivity index (χ4n) is 2.30. The Labute approximate surface area is 131 Å². The van der Waals surface area contributed by atoms with Crippen LogP contribution in [-0.2, 0) is 17.1 Å². The van der Waals surface area contributed by atoms with Crippen LogP contribution in [0.15, 0.2) is 46.1 Å². The molecule has 0 aliphatic heterocycles. The van der Waals surface area contributed by atoms with Crippen LogP contribution in [-0.4, -0.2) is 18.0 Å². The molecule has 0 saturated heterocycles. The Morgan fingerprint density at radius 2 is 1.91 bits per heavy atom. The van der Waals surface area contributed by atoms with Crippen molar-refractivity contribution in [3.05, 3.63) is 58.3 Å². The van der Waals surface area contributed by atoms with Gasteiger partial charge in [0.2, 0.25) is 0 Å². The minimum atomic E-state index is -3.84. The van der Waals surface area contributed by atoms with Crippen molar-refractivity contribution in [3.63, 3.8) is 0 Å². The second kappa shape index (κ2) is 5.24. The first kappa shape index (κ1) is 15.3. The molecule has 23 heavy (non-hydrogen) atoms. The maximum absolute atomic E-state index is 13.3. The van der Waals surface area contributed by atoms with Crippen molar-refractivity contribution in [2.75, 3.05) is 4.72 Å². The quantitative estimate of drug-likeness (QED) is 0.769. The molecule has 3 rings (SSSR count). The van der Waals surface area contributed by atoms with Crippen molar-refractivity contribution in [2.24, 2.45) is 7.05 Å². The number of benzene rings is 2. The van der Waals surface area contributed by atoms with Crippen molar-refractivity contribution in [1.82, 2.24) is 9.55 Å². The first-order valence-corrected chi connectivity index (χ1v) is 8.24. The number of imidazole rings is 1. The lowest BCUT2D eigenvalue weighted by atomic mass is 10.2. The zero-order valence-electron chi connectivity index (χ0n) is 12.4. The number of halogens is 1. The molecule has 0 aliphatic carbocycles. The van der Waals surface area contributed by atoms with Crippen molar-refractivity contribution in [1.29, 1.82) is 0 Å². The molecular formula is C15H14FN3O3S. The fraction of sp³-hybridized carbons (Fsp3) is 0.133. The highest BCUT2D eigenvalue weighted by Crippen LogP contribution is 2.21. The summed E-state index contributed by atoms with van der Waals surface area (Å²) in [5.41, 5.74) is 1.45. The Bertz CT molecular complexity index is 1070. The second-order valence-electron chi connectivity index (χ2n) is 5.24. The third kappa shape index (κ3) is 2.72. The molecule has 0 aliphatic rings. The standard InChI is InChI=1S/C15H14FN3O3S/c1-9-7-11(4-5-12(9)16)23(21,22)18-10-3-6-14-13(8-10)17-15(20)19(14)2/h3-8,18H,1-2H3,(H,17,20). The van der Waals surface area contributed by atoms with Crippen LogP contribution < -0.4 is 10.4 Å². The molecule has 0 fully saturated rings. The highest BCUT2D eigenvalue weighted by Gasteiger charge is 2.16. The van der Waals surface area contributed by atoms with Gasteiger partial charge in [-0.2, -0.15) is 0 Å². The van der Waals surface area contributed by atoms with Crippen LogP contribution in [0.3, 0.4) is 0 Å². The van der Waals surface area contributed by atoms with Crippen LogP contribution >= 0.6 is 0 Å². The van der Waals surface area contributed by atoms with E-state index >= 15 is 0 Å². The van der Waals surface area contributed by atoms with E-state index in [2.05, 4.69) is 9.71 Å². The van der Waals surface area contributed by atoms with Gasteiger partial charge in [-0.15, -0.1) is 0 Å². The summed E-state index contributed by atoms with van der Waals surface area (Å²) in [5, 5.41) is 0. The summed E-state index contributed by atoms with van der Waals surface area (Å²) in [4.78, 5) is 14.2. The minimum Gasteiger partial charge on any atom is -0.305 e. The lowest BCUT2D eigenvalue weighted by Gasteiger charge is -2.09. The minimum absolute atomic E-state index is 0.0296. The summed E-state index contributed by atoms with van der Waals surface area (Å²) in [6.07, 6.45) is 0. The summed E-state index contributed by atoms with van der Waals surface area (Å²) in [6.45, 7) is 1.50. The maximum atomic E-state index is 13.3. The predicted molar refractivity (Wildman–Crippen MR) is 85.5 cm³/mol. The zero-order valence-corrected chi connectivity index (χ0v) is 13.2. The molecule has 0 radical (unpaired) electrons. The predicted octanol–water partition coefficient (Wildman–Crippen LogP) is 2.11. The molecule has 3 aromatic rings. The number of aromatic amines is 1. The lowest BCUT2D eigenvalue weighted by Crippen LogP contribution is -2.13. The van der Waals surface area contributed by atoms with Gasteiger partial charge in [0.15, 0.2) is 0 Å². The first-order valence-electron chi connectivity index (χ1n) is 6.76. The molecule has 0 spiro atoms. The van der Waals surface area contributed by atoms with Gasteiger partial charge in [-0.3, -0.25) is 9.29 Å². The van der Waals surface area contributed by atoms with Gasteiger partial charge in [-0.05, 0) is 48.9 Å². The Kier molecular flexibility index (Phi) is 3.48. The molecule has 2 N–H and O–H groups in total. The van der Waals surface area contributed by atoms with Gasteiger partial charge in [0.25, 0.3) is 10.0 Å². The van der Waals surface area contributed by atoms with E-state index < -0.39 is 15.8 Å². The molecule has 120 valence electrons. The van der Waals surface area contributed by atoms with Crippen LogP contribution in [0.2, 0.25) is 0 Å². The topological polar surface area (TPSA) is 84.0 Å². The molecule has 8 heteroatoms. The van der Waals surface area contributed by atoms with Gasteiger partial charge >= 0.3 is 5.69 Å². The number of rotatable bonds is 3. The highest BCUT2D eigenvalue weighted by atomic mass is 32.2. The van der Waals surface area contributed by atoms with Gasteiger partial charge < -0.3 is 4.98 Å². The normalized spacial score (nSPS) is 11.8. The van der Waals surface area contributed by atoms with E-state index in [9.17, 15) is 17.6 Å². The SMILES string of the molecule is Cc1cc(S(=O)(=O)Nc2ccc3c(c2)[nH]c(=O)n3C)ccc1F. The van der Waals surface area contributed by atoms with Crippen molar-refractivity contribution in [2.45, 2.75) is 11.8 Å². The molecule has 0 saturated carbocycles. The van der Waals surface area contributed by atoms with Crippen molar-refractivity contribution in [3.8, 4) is 0 Å². The second-order valence-corrected chi connectivity index (χ2v) is 6.92. The van der Waals surface area contributed by atoms with Gasteiger partial charge in [0, 0.05) is 7.05 Å². The number of fused-ring (bicyclic) bond motifs is 1. The molecule has 2 aromatic carbocycles. The number of H-pyrrole nitrogens is 1. The summed E-state index contributed by atoms with van der Waals surface area (Å²) < 4.78 is 41.9. The average molecular weight is 335 g/mol. The molecule has 0 amide bonds. The van der Waals surface area contributed by atoms with E-state index in [1.54, 1.807) is 19.2 Å². The summed E-state index contributed by atoms with van der Waals surface area (Å²) >= 11 is 0. The molecule has 6 nitrogen and oxygen atoms in total. The number of hydrogen-bond acceptors (Lipinski definition) is 3. The molecule has 0 atom stereocenters. The van der Waals surface area contributed by atoms with Crippen molar-refractivity contribution >= 4 is 26.7 Å². The fourth-order valence-corrected chi connectivity index (χ4v) is 3.43. The number of nitrogens with one attached hydrogen (secondary N) is 2. The lowest BCUT2D eigenvalue weighted by molar-refractivity contribution is 0.598. The Balaban J connectivity index is 1.99. The summed E-state index contributed by atoms with van der Waals surface area (Å²) in [7, 11) is -2.22. The molecule has 0 bridgehead atoms. The van der Waals surface area contributed by atoms with E-state index in [4.69, 9.17) is 0 Å². The van der Waals surface area contributed by atoms with E-state index in [0.29, 0.717) is 16.7 Å². The summed E-state index contributed by atoms with van der Waals surface area (Å²) in [5.74, 6) is -0.466. The van der Waals surface area contributed by atoms with Crippen LogP contribution in [0.4, 0.5) is 10.1 Å². The van der Waals surface area contributed by atoms with Crippen LogP contribution in [0.5, 0.6) is 0 Å². The maximum Gasteiger partial charge on any atom is 0.326 e. The Morgan fingerprint density at radius 1 is 1.17 bits per heavy atom. The molecule has 1 aromatic heterocycles. The van der Waals surface area contributed by atoms with Crippen LogP contribution in [0.1, 0.15) is 5.56 Å². The van der Waals surface area contributed by atoms with Crippen molar-refractivity contribution < 1.29 is 12.8 Å². The summed E-state index contributed by atoms with van der Waals surface area (Å²) in [6, 6.07) is 8.31. The van der Waals surface area contributed by atoms with Gasteiger partial charge in [0.1, 0.15) is 5.82 Å². The number of hydrogen-bond donors (Lipinski definition) is 2. The highest BCUT2D eigenvalue weighted by molar-refractivity contribution is 7.92. The third-order valence-electron chi connectivity index (χ3n) is 3.60. The van der Waals surface area contributed by atoms with Crippen LogP contribution in [0.25, 0.3) is 11.0 Å². The van der Waals surface area contributed by atoms with Crippen LogP contribution in [0, 0.1) is 12.7 Å². The monoisotopic (exact) mass is 335 g/mol. The van der Waals surface area contributed by atoms with Gasteiger partial charge in [-0.1, -0.05) is 0 Å². The third-order valence-corrected chi connectivity index (χ3v) is 4.98. The largest absolute Gasteiger partial charge is 0.326 e. The Morgan fingerprint density at radius 3 is 2.61 bits per heavy atom. The van der Waals surface area contributed by atoms with E-state index in [0.717, 1.165) is 6.07 Å². The number of aromatic nitrogens is 2. The smallest absolute Gasteiger partial charge is 0.305 e. The first-order chi connectivity index (χ1) is 10.8. The zero-order chi connectivity index (χ0) is 16.8. The van der Waals surface area contributed by atoms with E-state index in [1.807, 2.05) is 0 Å². The van der Waals surface area contributed by atoms with E-state index in [-0.39, 0.29) is 16.1 Å². The number of anilines is 1. The average Bonchev–Trinajstić information content (AvgIpc) is 2.76. The van der Waals surface area contributed by atoms with Gasteiger partial charge in [0.05, 0.1) is 21.6 Å². The van der Waals surface area contributed by atoms with E-state index in [1.165, 1.54) is 29.7 Å². The molecular weight excluding hydrogens is 321 g/mol. The number of nitrogens with zero attached hydrogens (tertiary/aromatic N) is 1. The molecule has 1 heterocycles. The molecule has 0 unspecified atom stereocenters. The Hall–Kier alpha value is -2.61. The van der Waals surface area contributed by atoms with Gasteiger partial charge in [-0.25, -0.2) is 17.6 Å².